The lowest BCUT2D eigenvalue weighted by Gasteiger charge is -2.35. The molecule has 1 saturated carbocycles. The number of likely N-dealkylation sites (N-methyl/N-ethyl adjacent to an activating group) is 1. The number of hydrogen-bond donors (Lipinski definition) is 1. The Hall–Kier alpha value is -0.610. The zero-order chi connectivity index (χ0) is 13.6. The van der Waals surface area contributed by atoms with E-state index in [1.54, 1.807) is 0 Å². The average molecular weight is 256 g/mol. The van der Waals surface area contributed by atoms with Crippen molar-refractivity contribution in [2.24, 2.45) is 0 Å². The quantitative estimate of drug-likeness (QED) is 0.672. The summed E-state index contributed by atoms with van der Waals surface area (Å²) in [5, 5.41) is 3.25. The highest BCUT2D eigenvalue weighted by Crippen LogP contribution is 2.24. The normalized spacial score (nSPS) is 19.4. The van der Waals surface area contributed by atoms with E-state index in [0.717, 1.165) is 32.0 Å². The second-order valence-electron chi connectivity index (χ2n) is 5.52. The number of ether oxygens (including phenoxy) is 1. The van der Waals surface area contributed by atoms with Crippen molar-refractivity contribution in [3.8, 4) is 0 Å². The van der Waals surface area contributed by atoms with Crippen molar-refractivity contribution < 1.29 is 9.53 Å². The van der Waals surface area contributed by atoms with Gasteiger partial charge in [0.2, 0.25) is 0 Å². The lowest BCUT2D eigenvalue weighted by molar-refractivity contribution is -0.148. The van der Waals surface area contributed by atoms with Crippen LogP contribution in [0.25, 0.3) is 0 Å². The Morgan fingerprint density at radius 3 is 2.61 bits per heavy atom. The molecule has 1 N–H and O–H groups in total. The fraction of sp³-hybridized carbons (Fsp3) is 0.929. The van der Waals surface area contributed by atoms with Crippen LogP contribution in [0.4, 0.5) is 0 Å². The van der Waals surface area contributed by atoms with Crippen LogP contribution in [0.2, 0.25) is 0 Å². The van der Waals surface area contributed by atoms with Crippen LogP contribution < -0.4 is 5.32 Å². The van der Waals surface area contributed by atoms with Crippen molar-refractivity contribution in [3.05, 3.63) is 0 Å². The largest absolute Gasteiger partial charge is 0.468 e. The van der Waals surface area contributed by atoms with E-state index in [1.165, 1.54) is 26.4 Å². The van der Waals surface area contributed by atoms with Crippen molar-refractivity contribution >= 4 is 5.97 Å². The van der Waals surface area contributed by atoms with Gasteiger partial charge in [0, 0.05) is 6.04 Å². The molecule has 4 heteroatoms. The summed E-state index contributed by atoms with van der Waals surface area (Å²) in [4.78, 5) is 14.2. The van der Waals surface area contributed by atoms with Crippen LogP contribution in [-0.2, 0) is 9.53 Å². The van der Waals surface area contributed by atoms with Crippen molar-refractivity contribution in [2.45, 2.75) is 57.5 Å². The third-order valence-electron chi connectivity index (χ3n) is 4.09. The van der Waals surface area contributed by atoms with Gasteiger partial charge in [-0.15, -0.1) is 0 Å². The molecule has 0 radical (unpaired) electrons. The molecule has 0 saturated heterocycles. The number of carbonyl (C=O) groups is 1. The van der Waals surface area contributed by atoms with E-state index >= 15 is 0 Å². The third-order valence-corrected chi connectivity index (χ3v) is 4.09. The molecule has 106 valence electrons. The van der Waals surface area contributed by atoms with Crippen LogP contribution in [0.1, 0.15) is 46.0 Å². The monoisotopic (exact) mass is 256 g/mol. The summed E-state index contributed by atoms with van der Waals surface area (Å²) in [6, 6.07) is 0.772. The molecule has 0 aromatic carbocycles. The number of hydrogen-bond acceptors (Lipinski definition) is 4. The van der Waals surface area contributed by atoms with Gasteiger partial charge >= 0.3 is 5.97 Å². The molecule has 0 bridgehead atoms. The maximum atomic E-state index is 11.8. The molecule has 1 aliphatic carbocycles. The van der Waals surface area contributed by atoms with Gasteiger partial charge in [0.1, 0.15) is 5.54 Å². The van der Waals surface area contributed by atoms with Crippen LogP contribution in [0.15, 0.2) is 0 Å². The molecule has 1 fully saturated rings. The Bertz CT molecular complexity index is 267. The topological polar surface area (TPSA) is 41.6 Å². The molecule has 0 spiro atoms. The number of methoxy groups -OCH3 is 1. The van der Waals surface area contributed by atoms with Gasteiger partial charge in [0.05, 0.1) is 7.11 Å². The van der Waals surface area contributed by atoms with Crippen LogP contribution >= 0.6 is 0 Å². The molecule has 0 aromatic heterocycles. The van der Waals surface area contributed by atoms with E-state index in [-0.39, 0.29) is 5.97 Å². The first kappa shape index (κ1) is 15.4. The Morgan fingerprint density at radius 1 is 1.50 bits per heavy atom. The summed E-state index contributed by atoms with van der Waals surface area (Å²) in [6.07, 6.45) is 5.87. The first-order valence-electron chi connectivity index (χ1n) is 7.07. The van der Waals surface area contributed by atoms with Gasteiger partial charge in [0.25, 0.3) is 0 Å². The van der Waals surface area contributed by atoms with Gasteiger partial charge in [0.15, 0.2) is 0 Å². The van der Waals surface area contributed by atoms with Gasteiger partial charge in [-0.2, -0.15) is 0 Å². The number of rotatable bonds is 8. The SMILES string of the molecule is CCNC(C)(CCCN(C)C1CCC1)C(=O)OC. The standard InChI is InChI=1S/C14H28N2O2/c1-5-15-14(2,13(17)18-4)10-7-11-16(3)12-8-6-9-12/h12,15H,5-11H2,1-4H3. The molecule has 0 heterocycles. The first-order chi connectivity index (χ1) is 8.53. The highest BCUT2D eigenvalue weighted by atomic mass is 16.5. The number of carbonyl (C=O) groups excluding carboxylic acids is 1. The fourth-order valence-electron chi connectivity index (χ4n) is 2.57. The molecule has 4 nitrogen and oxygen atoms in total. The molecule has 1 rings (SSSR count). The van der Waals surface area contributed by atoms with Gasteiger partial charge in [-0.25, -0.2) is 0 Å². The highest BCUT2D eigenvalue weighted by molar-refractivity contribution is 5.80. The minimum absolute atomic E-state index is 0.157. The highest BCUT2D eigenvalue weighted by Gasteiger charge is 2.33. The predicted octanol–water partition coefficient (Wildman–Crippen LogP) is 1.79. The minimum Gasteiger partial charge on any atom is -0.468 e. The van der Waals surface area contributed by atoms with Crippen LogP contribution in [-0.4, -0.2) is 49.7 Å². The van der Waals surface area contributed by atoms with Crippen molar-refractivity contribution in [2.75, 3.05) is 27.2 Å². The second-order valence-corrected chi connectivity index (χ2v) is 5.52. The molecular formula is C14H28N2O2. The van der Waals surface area contributed by atoms with E-state index in [0.29, 0.717) is 0 Å². The number of esters is 1. The van der Waals surface area contributed by atoms with Crippen LogP contribution in [0.5, 0.6) is 0 Å². The van der Waals surface area contributed by atoms with Crippen LogP contribution in [0.3, 0.4) is 0 Å². The van der Waals surface area contributed by atoms with Gasteiger partial charge in [-0.1, -0.05) is 13.3 Å². The summed E-state index contributed by atoms with van der Waals surface area (Å²) >= 11 is 0. The first-order valence-corrected chi connectivity index (χ1v) is 7.07. The second kappa shape index (κ2) is 7.10. The molecular weight excluding hydrogens is 228 g/mol. The average Bonchev–Trinajstić information content (AvgIpc) is 2.25. The minimum atomic E-state index is -0.538. The Balaban J connectivity index is 2.34. The molecule has 1 atom stereocenters. The summed E-state index contributed by atoms with van der Waals surface area (Å²) in [5.41, 5.74) is -0.538. The summed E-state index contributed by atoms with van der Waals surface area (Å²) in [7, 11) is 3.64. The molecule has 0 aromatic rings. The predicted molar refractivity (Wildman–Crippen MR) is 73.6 cm³/mol. The maximum absolute atomic E-state index is 11.8. The summed E-state index contributed by atoms with van der Waals surface area (Å²) in [6.45, 7) is 5.79. The lowest BCUT2D eigenvalue weighted by Crippen LogP contribution is -2.50. The van der Waals surface area contributed by atoms with Crippen molar-refractivity contribution in [1.82, 2.24) is 10.2 Å². The molecule has 1 aliphatic rings. The van der Waals surface area contributed by atoms with Gasteiger partial charge in [-0.3, -0.25) is 4.79 Å². The van der Waals surface area contributed by atoms with E-state index in [1.807, 2.05) is 13.8 Å². The molecule has 1 unspecified atom stereocenters. The molecule has 0 aliphatic heterocycles. The number of nitrogens with one attached hydrogen (secondary N) is 1. The van der Waals surface area contributed by atoms with E-state index in [4.69, 9.17) is 4.74 Å². The van der Waals surface area contributed by atoms with Gasteiger partial charge in [-0.05, 0) is 52.7 Å². The Kier molecular flexibility index (Phi) is 6.09. The Labute approximate surface area is 111 Å². The smallest absolute Gasteiger partial charge is 0.325 e. The van der Waals surface area contributed by atoms with E-state index < -0.39 is 5.54 Å². The summed E-state index contributed by atoms with van der Waals surface area (Å²) < 4.78 is 4.89. The van der Waals surface area contributed by atoms with Gasteiger partial charge < -0.3 is 15.0 Å². The molecule has 0 amide bonds. The maximum Gasteiger partial charge on any atom is 0.325 e. The van der Waals surface area contributed by atoms with E-state index in [9.17, 15) is 4.79 Å². The zero-order valence-corrected chi connectivity index (χ0v) is 12.3. The van der Waals surface area contributed by atoms with Crippen molar-refractivity contribution in [1.29, 1.82) is 0 Å². The van der Waals surface area contributed by atoms with E-state index in [2.05, 4.69) is 17.3 Å². The number of nitrogens with zero attached hydrogens (tertiary/aromatic N) is 1. The van der Waals surface area contributed by atoms with Crippen molar-refractivity contribution in [3.63, 3.8) is 0 Å². The lowest BCUT2D eigenvalue weighted by atomic mass is 9.91. The third kappa shape index (κ3) is 3.95. The zero-order valence-electron chi connectivity index (χ0n) is 12.3. The van der Waals surface area contributed by atoms with Crippen LogP contribution in [0, 0.1) is 0 Å². The Morgan fingerprint density at radius 2 is 2.17 bits per heavy atom. The summed E-state index contributed by atoms with van der Waals surface area (Å²) in [5.74, 6) is -0.157. The fourth-order valence-corrected chi connectivity index (χ4v) is 2.57. The molecule has 18 heavy (non-hydrogen) atoms.